The van der Waals surface area contributed by atoms with Crippen LogP contribution in [-0.2, 0) is 6.54 Å². The highest BCUT2D eigenvalue weighted by Gasteiger charge is 2.24. The van der Waals surface area contributed by atoms with Crippen LogP contribution in [0.1, 0.15) is 49.2 Å². The Morgan fingerprint density at radius 3 is 2.59 bits per heavy atom. The fraction of sp³-hybridized carbons (Fsp3) is 0.346. The van der Waals surface area contributed by atoms with Gasteiger partial charge in [0, 0.05) is 35.4 Å². The third-order valence-corrected chi connectivity index (χ3v) is 5.91. The van der Waals surface area contributed by atoms with E-state index in [1.165, 1.54) is 0 Å². The lowest BCUT2D eigenvalue weighted by atomic mass is 9.93. The van der Waals surface area contributed by atoms with Crippen molar-refractivity contribution < 1.29 is 4.79 Å². The van der Waals surface area contributed by atoms with Crippen molar-refractivity contribution in [2.75, 3.05) is 13.1 Å². The zero-order valence-electron chi connectivity index (χ0n) is 19.0. The third kappa shape index (κ3) is 4.50. The summed E-state index contributed by atoms with van der Waals surface area (Å²) in [6, 6.07) is 17.5. The first kappa shape index (κ1) is 22.0. The molecule has 2 aromatic heterocycles. The van der Waals surface area contributed by atoms with Crippen molar-refractivity contribution in [1.82, 2.24) is 19.9 Å². The van der Waals surface area contributed by atoms with E-state index in [1.807, 2.05) is 48.8 Å². The average molecular weight is 430 g/mol. The Morgan fingerprint density at radius 1 is 1.12 bits per heavy atom. The molecule has 0 saturated heterocycles. The maximum Gasteiger partial charge on any atom is 0.251 e. The highest BCUT2D eigenvalue weighted by Crippen LogP contribution is 2.32. The number of aromatic nitrogens is 3. The van der Waals surface area contributed by atoms with Crippen molar-refractivity contribution in [3.63, 3.8) is 0 Å². The highest BCUT2D eigenvalue weighted by atomic mass is 16.1. The summed E-state index contributed by atoms with van der Waals surface area (Å²) in [5, 5.41) is 4.17. The molecule has 6 nitrogen and oxygen atoms in total. The summed E-state index contributed by atoms with van der Waals surface area (Å²) in [5.74, 6) is 0.176. The normalized spacial score (nSPS) is 12.9. The largest absolute Gasteiger partial charge is 0.351 e. The molecule has 1 unspecified atom stereocenters. The Morgan fingerprint density at radius 2 is 1.84 bits per heavy atom. The maximum absolute atomic E-state index is 12.5. The monoisotopic (exact) mass is 429 g/mol. The van der Waals surface area contributed by atoms with Gasteiger partial charge in [0.25, 0.3) is 5.91 Å². The van der Waals surface area contributed by atoms with Crippen molar-refractivity contribution in [3.8, 4) is 0 Å². The maximum atomic E-state index is 12.5. The summed E-state index contributed by atoms with van der Waals surface area (Å²) in [6.45, 7) is 8.37. The van der Waals surface area contributed by atoms with E-state index in [2.05, 4.69) is 42.8 Å². The molecule has 2 heterocycles. The van der Waals surface area contributed by atoms with Gasteiger partial charge in [0.15, 0.2) is 0 Å². The van der Waals surface area contributed by atoms with Gasteiger partial charge >= 0.3 is 0 Å². The Kier molecular flexibility index (Phi) is 6.24. The van der Waals surface area contributed by atoms with Crippen LogP contribution in [0.4, 0.5) is 0 Å². The number of hydrogen-bond acceptors (Lipinski definition) is 4. The minimum atomic E-state index is -0.175. The fourth-order valence-corrected chi connectivity index (χ4v) is 4.18. The number of carbonyl (C=O) groups excluding carboxylic acids is 1. The molecule has 4 aromatic rings. The predicted molar refractivity (Wildman–Crippen MR) is 130 cm³/mol. The summed E-state index contributed by atoms with van der Waals surface area (Å²) in [4.78, 5) is 22.2. The van der Waals surface area contributed by atoms with Gasteiger partial charge in [-0.3, -0.25) is 9.78 Å². The van der Waals surface area contributed by atoms with E-state index in [0.717, 1.165) is 40.6 Å². The number of amides is 1. The van der Waals surface area contributed by atoms with Crippen LogP contribution < -0.4 is 11.1 Å². The lowest BCUT2D eigenvalue weighted by molar-refractivity contribution is 0.0933. The van der Waals surface area contributed by atoms with Crippen LogP contribution in [0.15, 0.2) is 60.9 Å². The van der Waals surface area contributed by atoms with E-state index in [0.29, 0.717) is 18.7 Å². The van der Waals surface area contributed by atoms with Gasteiger partial charge < -0.3 is 15.6 Å². The first-order chi connectivity index (χ1) is 15.4. The minimum Gasteiger partial charge on any atom is -0.351 e. The van der Waals surface area contributed by atoms with Crippen LogP contribution in [0.5, 0.6) is 0 Å². The second kappa shape index (κ2) is 9.09. The van der Waals surface area contributed by atoms with Crippen molar-refractivity contribution >= 4 is 27.8 Å². The van der Waals surface area contributed by atoms with Crippen molar-refractivity contribution in [3.05, 3.63) is 72.2 Å². The molecule has 166 valence electrons. The number of nitrogens with one attached hydrogen (secondary N) is 1. The molecule has 1 atom stereocenters. The van der Waals surface area contributed by atoms with Crippen LogP contribution >= 0.6 is 0 Å². The number of hydrogen-bond donors (Lipinski definition) is 2. The summed E-state index contributed by atoms with van der Waals surface area (Å²) in [5.41, 5.74) is 10.3. The van der Waals surface area contributed by atoms with Crippen LogP contribution in [0.2, 0.25) is 0 Å². The van der Waals surface area contributed by atoms with Gasteiger partial charge in [-0.1, -0.05) is 57.2 Å². The van der Waals surface area contributed by atoms with Gasteiger partial charge in [-0.2, -0.15) is 0 Å². The molecule has 0 radical (unpaired) electrons. The predicted octanol–water partition coefficient (Wildman–Crippen LogP) is 4.49. The second-order valence-electron chi connectivity index (χ2n) is 9.28. The number of para-hydroxylation sites is 1. The Hall–Kier alpha value is -3.25. The van der Waals surface area contributed by atoms with E-state index < -0.39 is 0 Å². The fourth-order valence-electron chi connectivity index (χ4n) is 4.18. The van der Waals surface area contributed by atoms with Crippen molar-refractivity contribution in [2.24, 2.45) is 11.1 Å². The smallest absolute Gasteiger partial charge is 0.251 e. The van der Waals surface area contributed by atoms with E-state index in [4.69, 9.17) is 15.7 Å². The number of fused-ring (bicyclic) bond motifs is 3. The quantitative estimate of drug-likeness (QED) is 0.432. The summed E-state index contributed by atoms with van der Waals surface area (Å²) < 4.78 is 2.20. The number of nitrogens with two attached hydrogens (primary N) is 1. The number of rotatable bonds is 8. The molecule has 1 amide bonds. The molecule has 0 spiro atoms. The van der Waals surface area contributed by atoms with Gasteiger partial charge in [0.05, 0.1) is 23.1 Å². The Balaban J connectivity index is 1.64. The molecule has 4 rings (SSSR count). The molecule has 6 heteroatoms. The molecule has 0 aliphatic rings. The summed E-state index contributed by atoms with van der Waals surface area (Å²) in [6.07, 6.45) is 2.77. The molecule has 3 N–H and O–H groups in total. The number of imidazole rings is 1. The van der Waals surface area contributed by atoms with Gasteiger partial charge in [-0.25, -0.2) is 4.98 Å². The molecule has 0 bridgehead atoms. The summed E-state index contributed by atoms with van der Waals surface area (Å²) >= 11 is 0. The number of carbonyl (C=O) groups is 1. The van der Waals surface area contributed by atoms with Gasteiger partial charge in [0.1, 0.15) is 5.52 Å². The lowest BCUT2D eigenvalue weighted by Gasteiger charge is -2.26. The third-order valence-electron chi connectivity index (χ3n) is 5.91. The topological polar surface area (TPSA) is 85.8 Å². The number of nitrogens with zero attached hydrogens (tertiary/aromatic N) is 3. The molecule has 2 aromatic carbocycles. The first-order valence-electron chi connectivity index (χ1n) is 11.2. The van der Waals surface area contributed by atoms with Gasteiger partial charge in [-0.05, 0) is 31.2 Å². The Bertz CT molecular complexity index is 1230. The van der Waals surface area contributed by atoms with E-state index >= 15 is 0 Å². The first-order valence-corrected chi connectivity index (χ1v) is 11.2. The average Bonchev–Trinajstić information content (AvgIpc) is 3.21. The zero-order chi connectivity index (χ0) is 22.7. The molecule has 0 aliphatic heterocycles. The lowest BCUT2D eigenvalue weighted by Crippen LogP contribution is -2.36. The van der Waals surface area contributed by atoms with E-state index in [9.17, 15) is 4.79 Å². The SMILES string of the molecule is CC(CCN)c1nc2ccccc2c2c1ncn2CC(C)(C)CNC(=O)c1ccccc1. The molecule has 32 heavy (non-hydrogen) atoms. The molecule has 0 aliphatic carbocycles. The molecular weight excluding hydrogens is 398 g/mol. The van der Waals surface area contributed by atoms with Crippen molar-refractivity contribution in [1.29, 1.82) is 0 Å². The van der Waals surface area contributed by atoms with Gasteiger partial charge in [-0.15, -0.1) is 0 Å². The number of pyridine rings is 1. The standard InChI is InChI=1S/C26H31N5O/c1-18(13-14-27)22-23-24(20-11-7-8-12-21(20)30-22)31(17-29-23)16-26(2,3)15-28-25(32)19-9-5-4-6-10-19/h4-12,17-18H,13-16,27H2,1-3H3,(H,28,32). The van der Waals surface area contributed by atoms with Crippen LogP contribution in [0.3, 0.4) is 0 Å². The molecule has 0 saturated carbocycles. The molecular formula is C26H31N5O. The number of benzene rings is 2. The molecule has 0 fully saturated rings. The summed E-state index contributed by atoms with van der Waals surface area (Å²) in [7, 11) is 0. The minimum absolute atomic E-state index is 0.0540. The zero-order valence-corrected chi connectivity index (χ0v) is 19.0. The van der Waals surface area contributed by atoms with Gasteiger partial charge in [0.2, 0.25) is 0 Å². The van der Waals surface area contributed by atoms with E-state index in [-0.39, 0.29) is 17.2 Å². The van der Waals surface area contributed by atoms with Crippen LogP contribution in [0, 0.1) is 5.41 Å². The van der Waals surface area contributed by atoms with Crippen LogP contribution in [0.25, 0.3) is 21.9 Å². The second-order valence-corrected chi connectivity index (χ2v) is 9.28. The van der Waals surface area contributed by atoms with Crippen LogP contribution in [-0.4, -0.2) is 33.5 Å². The van der Waals surface area contributed by atoms with E-state index in [1.54, 1.807) is 0 Å². The van der Waals surface area contributed by atoms with Crippen molar-refractivity contribution in [2.45, 2.75) is 39.7 Å². The highest BCUT2D eigenvalue weighted by molar-refractivity contribution is 6.03. The Labute approximate surface area is 188 Å².